The van der Waals surface area contributed by atoms with Crippen LogP contribution in [0.25, 0.3) is 0 Å². The molecule has 3 rings (SSSR count). The number of nitrogens with two attached hydrogens (primary N) is 1. The minimum absolute atomic E-state index is 0.0364. The van der Waals surface area contributed by atoms with E-state index in [0.717, 1.165) is 24.3 Å². The Labute approximate surface area is 131 Å². The monoisotopic (exact) mass is 349 g/mol. The van der Waals surface area contributed by atoms with E-state index < -0.39 is 0 Å². The summed E-state index contributed by atoms with van der Waals surface area (Å²) in [5.74, 6) is 0.712. The Morgan fingerprint density at radius 2 is 2.33 bits per heavy atom. The summed E-state index contributed by atoms with van der Waals surface area (Å²) < 4.78 is 5.99. The van der Waals surface area contributed by atoms with E-state index in [1.807, 2.05) is 17.9 Å². The van der Waals surface area contributed by atoms with Crippen LogP contribution in [0.5, 0.6) is 0 Å². The van der Waals surface area contributed by atoms with Gasteiger partial charge in [-0.15, -0.1) is 0 Å². The molecule has 1 aliphatic heterocycles. The van der Waals surface area contributed by atoms with Crippen molar-refractivity contribution in [3.8, 4) is 0 Å². The average Bonchev–Trinajstić information content (AvgIpc) is 3.09. The Morgan fingerprint density at radius 1 is 1.52 bits per heavy atom. The van der Waals surface area contributed by atoms with Gasteiger partial charge in [0.15, 0.2) is 5.76 Å². The summed E-state index contributed by atoms with van der Waals surface area (Å²) in [4.78, 5) is 14.6. The van der Waals surface area contributed by atoms with Crippen LogP contribution in [0.4, 0.5) is 5.69 Å². The van der Waals surface area contributed by atoms with Crippen LogP contribution >= 0.6 is 15.9 Å². The van der Waals surface area contributed by atoms with E-state index >= 15 is 0 Å². The maximum Gasteiger partial charge on any atom is 0.255 e. The normalized spacial score (nSPS) is 18.2. The molecule has 0 aliphatic carbocycles. The summed E-state index contributed by atoms with van der Waals surface area (Å²) in [6, 6.07) is 7.18. The molecule has 110 valence electrons. The first-order valence-electron chi connectivity index (χ1n) is 6.86. The lowest BCUT2D eigenvalue weighted by Crippen LogP contribution is -2.30. The maximum absolute atomic E-state index is 12.8. The number of nitrogens with zero attached hydrogens (tertiary/aromatic N) is 2. The van der Waals surface area contributed by atoms with Gasteiger partial charge in [0, 0.05) is 18.3 Å². The summed E-state index contributed by atoms with van der Waals surface area (Å²) in [5.41, 5.74) is 7.83. The molecule has 0 radical (unpaired) electrons. The number of nitrogen functional groups attached to an aromatic ring is 1. The molecule has 1 fully saturated rings. The summed E-state index contributed by atoms with van der Waals surface area (Å²) >= 11 is 3.40. The van der Waals surface area contributed by atoms with Crippen molar-refractivity contribution in [3.63, 3.8) is 0 Å². The second kappa shape index (κ2) is 5.52. The number of aryl methyl sites for hydroxylation is 1. The molecular formula is C15H16BrN3O2. The highest BCUT2D eigenvalue weighted by Gasteiger charge is 2.33. The molecule has 1 unspecified atom stereocenters. The third-order valence-corrected chi connectivity index (χ3v) is 4.63. The number of likely N-dealkylation sites (tertiary alicyclic amines) is 1. The van der Waals surface area contributed by atoms with Crippen molar-refractivity contribution < 1.29 is 9.32 Å². The van der Waals surface area contributed by atoms with Gasteiger partial charge in [-0.3, -0.25) is 4.79 Å². The van der Waals surface area contributed by atoms with Crippen molar-refractivity contribution in [2.24, 2.45) is 0 Å². The number of anilines is 1. The quantitative estimate of drug-likeness (QED) is 0.844. The minimum Gasteiger partial charge on any atom is -0.398 e. The summed E-state index contributed by atoms with van der Waals surface area (Å²) in [6.45, 7) is 2.59. The maximum atomic E-state index is 12.8. The Hall–Kier alpha value is -1.82. The molecule has 0 saturated carbocycles. The van der Waals surface area contributed by atoms with E-state index in [-0.39, 0.29) is 11.9 Å². The SMILES string of the molecule is Cc1cc(C2CCCN2C(=O)c2cccc(N)c2Br)on1. The van der Waals surface area contributed by atoms with E-state index in [1.54, 1.807) is 18.2 Å². The van der Waals surface area contributed by atoms with E-state index in [2.05, 4.69) is 21.1 Å². The number of hydrogen-bond acceptors (Lipinski definition) is 4. The number of benzene rings is 1. The first-order valence-corrected chi connectivity index (χ1v) is 7.65. The van der Waals surface area contributed by atoms with Crippen molar-refractivity contribution in [2.45, 2.75) is 25.8 Å². The predicted octanol–water partition coefficient (Wildman–Crippen LogP) is 3.31. The second-order valence-corrected chi connectivity index (χ2v) is 6.03. The van der Waals surface area contributed by atoms with Crippen LogP contribution in [0.3, 0.4) is 0 Å². The molecule has 1 saturated heterocycles. The molecule has 2 N–H and O–H groups in total. The smallest absolute Gasteiger partial charge is 0.255 e. The van der Waals surface area contributed by atoms with Crippen LogP contribution in [0, 0.1) is 6.92 Å². The van der Waals surface area contributed by atoms with Crippen molar-refractivity contribution in [3.05, 3.63) is 45.8 Å². The number of carbonyl (C=O) groups is 1. The molecule has 1 aromatic heterocycles. The molecule has 5 nitrogen and oxygen atoms in total. The van der Waals surface area contributed by atoms with Gasteiger partial charge in [0.1, 0.15) is 0 Å². The topological polar surface area (TPSA) is 72.4 Å². The number of amides is 1. The van der Waals surface area contributed by atoms with Crippen LogP contribution in [0.1, 0.15) is 40.7 Å². The fraction of sp³-hybridized carbons (Fsp3) is 0.333. The first-order chi connectivity index (χ1) is 10.1. The molecule has 0 spiro atoms. The minimum atomic E-state index is -0.0490. The van der Waals surface area contributed by atoms with Crippen LogP contribution in [-0.4, -0.2) is 22.5 Å². The third-order valence-electron chi connectivity index (χ3n) is 3.75. The second-order valence-electron chi connectivity index (χ2n) is 5.24. The highest BCUT2D eigenvalue weighted by Crippen LogP contribution is 2.35. The van der Waals surface area contributed by atoms with Gasteiger partial charge in [-0.25, -0.2) is 0 Å². The lowest BCUT2D eigenvalue weighted by Gasteiger charge is -2.23. The van der Waals surface area contributed by atoms with Gasteiger partial charge in [-0.05, 0) is 47.8 Å². The van der Waals surface area contributed by atoms with Crippen molar-refractivity contribution in [1.82, 2.24) is 10.1 Å². The Balaban J connectivity index is 1.91. The van der Waals surface area contributed by atoms with Crippen molar-refractivity contribution >= 4 is 27.5 Å². The number of carbonyl (C=O) groups excluding carboxylic acids is 1. The Bertz CT molecular complexity index is 683. The van der Waals surface area contributed by atoms with Gasteiger partial charge in [-0.2, -0.15) is 0 Å². The molecule has 2 aromatic rings. The molecule has 2 heterocycles. The number of hydrogen-bond donors (Lipinski definition) is 1. The molecule has 1 aliphatic rings. The van der Waals surface area contributed by atoms with Crippen molar-refractivity contribution in [2.75, 3.05) is 12.3 Å². The van der Waals surface area contributed by atoms with Crippen LogP contribution in [0.15, 0.2) is 33.3 Å². The van der Waals surface area contributed by atoms with Gasteiger partial charge in [0.2, 0.25) is 0 Å². The van der Waals surface area contributed by atoms with Gasteiger partial charge < -0.3 is 15.2 Å². The lowest BCUT2D eigenvalue weighted by molar-refractivity contribution is 0.0713. The average molecular weight is 350 g/mol. The summed E-state index contributed by atoms with van der Waals surface area (Å²) in [5, 5.41) is 3.92. The van der Waals surface area contributed by atoms with E-state index in [1.165, 1.54) is 0 Å². The van der Waals surface area contributed by atoms with Gasteiger partial charge in [0.05, 0.1) is 21.8 Å². The highest BCUT2D eigenvalue weighted by molar-refractivity contribution is 9.10. The van der Waals surface area contributed by atoms with Crippen LogP contribution in [-0.2, 0) is 0 Å². The van der Waals surface area contributed by atoms with Gasteiger partial charge in [-0.1, -0.05) is 11.2 Å². The standard InChI is InChI=1S/C15H16BrN3O2/c1-9-8-13(21-18-9)12-6-3-7-19(12)15(20)10-4-2-5-11(17)14(10)16/h2,4-5,8,12H,3,6-7,17H2,1H3. The lowest BCUT2D eigenvalue weighted by atomic mass is 10.1. The van der Waals surface area contributed by atoms with Gasteiger partial charge in [0.25, 0.3) is 5.91 Å². The zero-order chi connectivity index (χ0) is 15.0. The molecule has 6 heteroatoms. The Kier molecular flexibility index (Phi) is 3.71. The largest absolute Gasteiger partial charge is 0.398 e. The van der Waals surface area contributed by atoms with Crippen molar-refractivity contribution in [1.29, 1.82) is 0 Å². The molecule has 1 amide bonds. The van der Waals surface area contributed by atoms with Crippen LogP contribution < -0.4 is 5.73 Å². The molecule has 1 atom stereocenters. The number of rotatable bonds is 2. The first kappa shape index (κ1) is 14.1. The summed E-state index contributed by atoms with van der Waals surface area (Å²) in [7, 11) is 0. The highest BCUT2D eigenvalue weighted by atomic mass is 79.9. The van der Waals surface area contributed by atoms with E-state index in [9.17, 15) is 4.79 Å². The van der Waals surface area contributed by atoms with Gasteiger partial charge >= 0.3 is 0 Å². The number of aromatic nitrogens is 1. The fourth-order valence-electron chi connectivity index (χ4n) is 2.72. The van der Waals surface area contributed by atoms with Crippen LogP contribution in [0.2, 0.25) is 0 Å². The third kappa shape index (κ3) is 2.55. The zero-order valence-corrected chi connectivity index (χ0v) is 13.3. The fourth-order valence-corrected chi connectivity index (χ4v) is 3.15. The molecule has 1 aromatic carbocycles. The Morgan fingerprint density at radius 3 is 3.05 bits per heavy atom. The van der Waals surface area contributed by atoms with E-state index in [4.69, 9.17) is 10.3 Å². The molecule has 21 heavy (non-hydrogen) atoms. The molecule has 0 bridgehead atoms. The summed E-state index contributed by atoms with van der Waals surface area (Å²) in [6.07, 6.45) is 1.84. The predicted molar refractivity (Wildman–Crippen MR) is 82.8 cm³/mol. The zero-order valence-electron chi connectivity index (χ0n) is 11.7. The van der Waals surface area contributed by atoms with E-state index in [0.29, 0.717) is 22.3 Å². The molecular weight excluding hydrogens is 334 g/mol. The number of halogens is 1.